The van der Waals surface area contributed by atoms with Gasteiger partial charge in [-0.15, -0.1) is 0 Å². The van der Waals surface area contributed by atoms with E-state index < -0.39 is 18.0 Å². The molecule has 1 fully saturated rings. The van der Waals surface area contributed by atoms with Gasteiger partial charge >= 0.3 is 12.0 Å². The second-order valence-corrected chi connectivity index (χ2v) is 4.71. The number of carboxylic acids is 1. The minimum absolute atomic E-state index is 0.0106. The minimum atomic E-state index is -0.996. The Balaban J connectivity index is 2.36. The third-order valence-corrected chi connectivity index (χ3v) is 3.21. The summed E-state index contributed by atoms with van der Waals surface area (Å²) in [6.07, 6.45) is 2.08. The molecule has 1 heterocycles. The molecule has 3 atom stereocenters. The van der Waals surface area contributed by atoms with Crippen LogP contribution in [0.25, 0.3) is 0 Å². The second-order valence-electron chi connectivity index (χ2n) is 4.71. The number of aliphatic carboxylic acids is 1. The topological polar surface area (TPSA) is 87.7 Å². The monoisotopic (exact) mass is 258 g/mol. The lowest BCUT2D eigenvalue weighted by atomic mass is 10.0. The number of urea groups is 1. The number of rotatable bonds is 6. The highest BCUT2D eigenvalue weighted by Crippen LogP contribution is 2.16. The van der Waals surface area contributed by atoms with E-state index in [1.165, 1.54) is 0 Å². The van der Waals surface area contributed by atoms with Gasteiger partial charge in [0.05, 0.1) is 6.61 Å². The van der Waals surface area contributed by atoms with E-state index >= 15 is 0 Å². The highest BCUT2D eigenvalue weighted by Gasteiger charge is 2.25. The van der Waals surface area contributed by atoms with E-state index in [0.29, 0.717) is 25.4 Å². The molecule has 0 aromatic carbocycles. The zero-order valence-corrected chi connectivity index (χ0v) is 10.9. The average Bonchev–Trinajstić information content (AvgIpc) is 2.81. The van der Waals surface area contributed by atoms with E-state index in [1.807, 2.05) is 13.8 Å². The summed E-state index contributed by atoms with van der Waals surface area (Å²) in [7, 11) is 0. The van der Waals surface area contributed by atoms with Crippen molar-refractivity contribution in [2.45, 2.75) is 45.2 Å². The first-order valence-electron chi connectivity index (χ1n) is 6.42. The van der Waals surface area contributed by atoms with E-state index in [-0.39, 0.29) is 6.04 Å². The number of hydrogen-bond donors (Lipinski definition) is 3. The standard InChI is InChI=1S/C12H22N2O4/c1-3-4-10(11(15)16)14-12(17)13-8(2)9-5-6-18-7-9/h8-10H,3-7H2,1-2H3,(H,15,16)(H2,13,14,17)/t8?,9?,10-/m1/s1. The second kappa shape index (κ2) is 7.20. The molecule has 1 saturated heterocycles. The molecule has 104 valence electrons. The predicted octanol–water partition coefficient (Wildman–Crippen LogP) is 0.964. The van der Waals surface area contributed by atoms with Gasteiger partial charge in [0.1, 0.15) is 6.04 Å². The fourth-order valence-corrected chi connectivity index (χ4v) is 2.02. The fraction of sp³-hybridized carbons (Fsp3) is 0.833. The first-order valence-corrected chi connectivity index (χ1v) is 6.42. The summed E-state index contributed by atoms with van der Waals surface area (Å²) in [4.78, 5) is 22.6. The number of carboxylic acid groups (broad SMARTS) is 1. The van der Waals surface area contributed by atoms with E-state index in [9.17, 15) is 9.59 Å². The van der Waals surface area contributed by atoms with Gasteiger partial charge in [-0.25, -0.2) is 9.59 Å². The smallest absolute Gasteiger partial charge is 0.326 e. The van der Waals surface area contributed by atoms with Crippen molar-refractivity contribution in [3.05, 3.63) is 0 Å². The van der Waals surface area contributed by atoms with Crippen LogP contribution in [0.4, 0.5) is 4.79 Å². The molecule has 0 aromatic rings. The lowest BCUT2D eigenvalue weighted by molar-refractivity contribution is -0.139. The molecule has 6 nitrogen and oxygen atoms in total. The predicted molar refractivity (Wildman–Crippen MR) is 66.4 cm³/mol. The van der Waals surface area contributed by atoms with E-state index in [4.69, 9.17) is 9.84 Å². The number of nitrogens with one attached hydrogen (secondary N) is 2. The van der Waals surface area contributed by atoms with Crippen molar-refractivity contribution < 1.29 is 19.4 Å². The summed E-state index contributed by atoms with van der Waals surface area (Å²) in [5, 5.41) is 14.2. The van der Waals surface area contributed by atoms with Gasteiger partial charge in [0.25, 0.3) is 0 Å². The maximum Gasteiger partial charge on any atom is 0.326 e. The lowest BCUT2D eigenvalue weighted by Gasteiger charge is -2.21. The third-order valence-electron chi connectivity index (χ3n) is 3.21. The number of ether oxygens (including phenoxy) is 1. The Bertz CT molecular complexity index is 290. The molecule has 0 saturated carbocycles. The number of hydrogen-bond acceptors (Lipinski definition) is 3. The van der Waals surface area contributed by atoms with Gasteiger partial charge in [0, 0.05) is 18.6 Å². The Morgan fingerprint density at radius 3 is 2.67 bits per heavy atom. The van der Waals surface area contributed by atoms with Gasteiger partial charge < -0.3 is 20.5 Å². The van der Waals surface area contributed by atoms with E-state index in [2.05, 4.69) is 10.6 Å². The Hall–Kier alpha value is -1.30. The van der Waals surface area contributed by atoms with Gasteiger partial charge in [0.2, 0.25) is 0 Å². The maximum atomic E-state index is 11.7. The van der Waals surface area contributed by atoms with Crippen LogP contribution in [0.1, 0.15) is 33.1 Å². The summed E-state index contributed by atoms with van der Waals surface area (Å²) in [5.41, 5.74) is 0. The molecule has 0 radical (unpaired) electrons. The highest BCUT2D eigenvalue weighted by atomic mass is 16.5. The van der Waals surface area contributed by atoms with Crippen molar-refractivity contribution in [2.24, 2.45) is 5.92 Å². The van der Waals surface area contributed by atoms with Gasteiger partial charge in [-0.05, 0) is 19.8 Å². The first kappa shape index (κ1) is 14.8. The molecule has 3 N–H and O–H groups in total. The first-order chi connectivity index (χ1) is 8.54. The van der Waals surface area contributed by atoms with Gasteiger partial charge in [-0.2, -0.15) is 0 Å². The SMILES string of the molecule is CCC[C@@H](NC(=O)NC(C)C1CCOC1)C(=O)O. The summed E-state index contributed by atoms with van der Waals surface area (Å²) in [5.74, 6) is -0.686. The van der Waals surface area contributed by atoms with E-state index in [0.717, 1.165) is 13.0 Å². The van der Waals surface area contributed by atoms with Crippen LogP contribution in [0.5, 0.6) is 0 Å². The summed E-state index contributed by atoms with van der Waals surface area (Å²) in [6.45, 7) is 5.17. The molecule has 0 aromatic heterocycles. The zero-order valence-electron chi connectivity index (χ0n) is 10.9. The normalized spacial score (nSPS) is 22.2. The molecule has 6 heteroatoms. The Kier molecular flexibility index (Phi) is 5.91. The molecule has 1 rings (SSSR count). The molecule has 18 heavy (non-hydrogen) atoms. The van der Waals surface area contributed by atoms with Crippen LogP contribution < -0.4 is 10.6 Å². The summed E-state index contributed by atoms with van der Waals surface area (Å²) < 4.78 is 5.25. The Labute approximate surface area is 107 Å². The number of amides is 2. The fourth-order valence-electron chi connectivity index (χ4n) is 2.02. The third kappa shape index (κ3) is 4.52. The van der Waals surface area contributed by atoms with Crippen LogP contribution in [0.2, 0.25) is 0 Å². The van der Waals surface area contributed by atoms with Gasteiger partial charge in [-0.3, -0.25) is 0 Å². The molecular formula is C12H22N2O4. The number of carbonyl (C=O) groups is 2. The van der Waals surface area contributed by atoms with E-state index in [1.54, 1.807) is 0 Å². The van der Waals surface area contributed by atoms with Crippen LogP contribution in [0.3, 0.4) is 0 Å². The molecule has 0 spiro atoms. The van der Waals surface area contributed by atoms with Crippen molar-refractivity contribution in [1.29, 1.82) is 0 Å². The van der Waals surface area contributed by atoms with Crippen molar-refractivity contribution in [2.75, 3.05) is 13.2 Å². The zero-order chi connectivity index (χ0) is 13.5. The molecule has 1 aliphatic rings. The van der Waals surface area contributed by atoms with Crippen LogP contribution in [0.15, 0.2) is 0 Å². The molecule has 2 amide bonds. The summed E-state index contributed by atoms with van der Waals surface area (Å²) >= 11 is 0. The largest absolute Gasteiger partial charge is 0.480 e. The maximum absolute atomic E-state index is 11.7. The Morgan fingerprint density at radius 1 is 1.44 bits per heavy atom. The molecule has 0 bridgehead atoms. The molecule has 1 aliphatic heterocycles. The van der Waals surface area contributed by atoms with Crippen molar-refractivity contribution in [1.82, 2.24) is 10.6 Å². The van der Waals surface area contributed by atoms with Gasteiger partial charge in [-0.1, -0.05) is 13.3 Å². The van der Waals surface area contributed by atoms with Crippen LogP contribution in [-0.2, 0) is 9.53 Å². The molecule has 0 aliphatic carbocycles. The lowest BCUT2D eigenvalue weighted by Crippen LogP contribution is -2.50. The van der Waals surface area contributed by atoms with Crippen molar-refractivity contribution >= 4 is 12.0 Å². The summed E-state index contributed by atoms with van der Waals surface area (Å²) in [6, 6.07) is -1.25. The quantitative estimate of drug-likeness (QED) is 0.662. The van der Waals surface area contributed by atoms with Crippen LogP contribution in [0, 0.1) is 5.92 Å². The van der Waals surface area contributed by atoms with Crippen LogP contribution >= 0.6 is 0 Å². The minimum Gasteiger partial charge on any atom is -0.480 e. The Morgan fingerprint density at radius 2 is 2.17 bits per heavy atom. The van der Waals surface area contributed by atoms with Crippen LogP contribution in [-0.4, -0.2) is 42.4 Å². The highest BCUT2D eigenvalue weighted by molar-refractivity contribution is 5.82. The molecular weight excluding hydrogens is 236 g/mol. The van der Waals surface area contributed by atoms with Gasteiger partial charge in [0.15, 0.2) is 0 Å². The van der Waals surface area contributed by atoms with Crippen molar-refractivity contribution in [3.8, 4) is 0 Å². The molecule has 2 unspecified atom stereocenters. The average molecular weight is 258 g/mol. The number of carbonyl (C=O) groups excluding carboxylic acids is 1. The van der Waals surface area contributed by atoms with Crippen molar-refractivity contribution in [3.63, 3.8) is 0 Å².